The lowest BCUT2D eigenvalue weighted by molar-refractivity contribution is -0.641. The van der Waals surface area contributed by atoms with Gasteiger partial charge < -0.3 is 0 Å². The molecule has 3 heteroatoms. The number of nitrogens with two attached hydrogens (primary N) is 1. The first-order chi connectivity index (χ1) is 6.25. The van der Waals surface area contributed by atoms with Gasteiger partial charge in [-0.1, -0.05) is 10.6 Å². The van der Waals surface area contributed by atoms with Gasteiger partial charge in [-0.2, -0.15) is 0 Å². The van der Waals surface area contributed by atoms with Crippen molar-refractivity contribution in [3.8, 4) is 11.8 Å². The van der Waals surface area contributed by atoms with Crippen LogP contribution in [0.5, 0.6) is 0 Å². The van der Waals surface area contributed by atoms with Crippen molar-refractivity contribution in [3.63, 3.8) is 0 Å². The minimum Gasteiger partial charge on any atom is -0.206 e. The second kappa shape index (κ2) is 3.06. The first-order valence-corrected chi connectivity index (χ1v) is 4.23. The van der Waals surface area contributed by atoms with Crippen molar-refractivity contribution in [2.24, 2.45) is 5.92 Å². The van der Waals surface area contributed by atoms with Gasteiger partial charge in [0, 0.05) is 17.9 Å². The summed E-state index contributed by atoms with van der Waals surface area (Å²) in [4.78, 5) is 0. The molecule has 0 aliphatic heterocycles. The minimum atomic E-state index is -0.304. The van der Waals surface area contributed by atoms with Crippen molar-refractivity contribution < 1.29 is 9.07 Å². The highest BCUT2D eigenvalue weighted by Crippen LogP contribution is 2.27. The van der Waals surface area contributed by atoms with Crippen LogP contribution in [0.3, 0.4) is 0 Å². The predicted octanol–water partition coefficient (Wildman–Crippen LogP) is 0.588. The maximum atomic E-state index is 12.8. The highest BCUT2D eigenvalue weighted by atomic mass is 19.1. The Morgan fingerprint density at radius 1 is 1.54 bits per heavy atom. The standard InChI is InChI=1S/C10H10FN2/c11-9-5-6-13(12)10(7-9)4-3-8-1-2-8/h5-8H,1-2,12H2/q+1. The van der Waals surface area contributed by atoms with Crippen LogP contribution in [0.2, 0.25) is 0 Å². The summed E-state index contributed by atoms with van der Waals surface area (Å²) < 4.78 is 14.1. The van der Waals surface area contributed by atoms with Crippen molar-refractivity contribution >= 4 is 0 Å². The van der Waals surface area contributed by atoms with Gasteiger partial charge in [0.15, 0.2) is 0 Å². The molecule has 66 valence electrons. The molecule has 0 spiro atoms. The van der Waals surface area contributed by atoms with E-state index in [4.69, 9.17) is 5.84 Å². The first kappa shape index (κ1) is 8.06. The van der Waals surface area contributed by atoms with Crippen LogP contribution in [0, 0.1) is 23.6 Å². The Bertz CT molecular complexity index is 386. The Balaban J connectivity index is 2.28. The summed E-state index contributed by atoms with van der Waals surface area (Å²) in [6.45, 7) is 0. The summed E-state index contributed by atoms with van der Waals surface area (Å²) in [6, 6.07) is 2.65. The van der Waals surface area contributed by atoms with E-state index in [-0.39, 0.29) is 5.82 Å². The fraction of sp³-hybridized carbons (Fsp3) is 0.300. The van der Waals surface area contributed by atoms with E-state index in [0.717, 1.165) is 12.8 Å². The molecular formula is C10H10FN2+. The van der Waals surface area contributed by atoms with Crippen LogP contribution in [0.1, 0.15) is 18.5 Å². The second-order valence-corrected chi connectivity index (χ2v) is 3.18. The van der Waals surface area contributed by atoms with Crippen molar-refractivity contribution in [1.29, 1.82) is 0 Å². The number of hydrogen-bond acceptors (Lipinski definition) is 1. The van der Waals surface area contributed by atoms with Crippen molar-refractivity contribution in [3.05, 3.63) is 29.8 Å². The van der Waals surface area contributed by atoms with E-state index in [2.05, 4.69) is 11.8 Å². The molecule has 1 aliphatic carbocycles. The lowest BCUT2D eigenvalue weighted by Crippen LogP contribution is -2.47. The Morgan fingerprint density at radius 3 is 3.00 bits per heavy atom. The van der Waals surface area contributed by atoms with Crippen molar-refractivity contribution in [2.75, 3.05) is 5.84 Å². The Morgan fingerprint density at radius 2 is 2.31 bits per heavy atom. The average molecular weight is 177 g/mol. The average Bonchev–Trinajstić information content (AvgIpc) is 2.90. The van der Waals surface area contributed by atoms with Crippen LogP contribution < -0.4 is 10.5 Å². The minimum absolute atomic E-state index is 0.304. The number of hydrogen-bond donors (Lipinski definition) is 1. The topological polar surface area (TPSA) is 29.9 Å². The van der Waals surface area contributed by atoms with E-state index in [9.17, 15) is 4.39 Å². The molecule has 1 aromatic rings. The molecule has 2 rings (SSSR count). The smallest absolute Gasteiger partial charge is 0.206 e. The lowest BCUT2D eigenvalue weighted by atomic mass is 10.3. The molecule has 1 heterocycles. The van der Waals surface area contributed by atoms with Crippen LogP contribution in [-0.2, 0) is 0 Å². The molecule has 1 aromatic heterocycles. The van der Waals surface area contributed by atoms with Crippen molar-refractivity contribution in [1.82, 2.24) is 0 Å². The quantitative estimate of drug-likeness (QED) is 0.351. The molecule has 2 nitrogen and oxygen atoms in total. The van der Waals surface area contributed by atoms with Gasteiger partial charge in [0.05, 0.1) is 6.07 Å². The van der Waals surface area contributed by atoms with Gasteiger partial charge in [0.25, 0.3) is 5.69 Å². The fourth-order valence-electron chi connectivity index (χ4n) is 0.989. The third-order valence-electron chi connectivity index (χ3n) is 1.93. The molecule has 1 saturated carbocycles. The molecule has 1 fully saturated rings. The van der Waals surface area contributed by atoms with Gasteiger partial charge in [-0.15, -0.1) is 0 Å². The van der Waals surface area contributed by atoms with Gasteiger partial charge in [0.1, 0.15) is 5.82 Å². The third-order valence-corrected chi connectivity index (χ3v) is 1.93. The summed E-state index contributed by atoms with van der Waals surface area (Å²) in [5.41, 5.74) is 0.520. The SMILES string of the molecule is N[n+]1ccc(F)cc1C#CC1CC1. The molecule has 0 saturated heterocycles. The van der Waals surface area contributed by atoms with Gasteiger partial charge in [-0.05, 0) is 12.8 Å². The van der Waals surface area contributed by atoms with Crippen LogP contribution in [0.4, 0.5) is 4.39 Å². The van der Waals surface area contributed by atoms with E-state index in [0.29, 0.717) is 11.6 Å². The molecule has 0 aromatic carbocycles. The number of rotatable bonds is 0. The fourth-order valence-corrected chi connectivity index (χ4v) is 0.989. The molecule has 0 unspecified atom stereocenters. The summed E-state index contributed by atoms with van der Waals surface area (Å²) in [5, 5.41) is 0. The molecule has 0 radical (unpaired) electrons. The molecular weight excluding hydrogens is 167 g/mol. The normalized spacial score (nSPS) is 14.8. The Kier molecular flexibility index (Phi) is 1.90. The molecule has 0 atom stereocenters. The summed E-state index contributed by atoms with van der Waals surface area (Å²) in [6.07, 6.45) is 3.78. The summed E-state index contributed by atoms with van der Waals surface area (Å²) in [7, 11) is 0. The number of aromatic nitrogens is 1. The largest absolute Gasteiger partial charge is 0.288 e. The molecule has 0 amide bonds. The van der Waals surface area contributed by atoms with Gasteiger partial charge in [-0.25, -0.2) is 10.2 Å². The highest BCUT2D eigenvalue weighted by Gasteiger charge is 2.18. The summed E-state index contributed by atoms with van der Waals surface area (Å²) in [5.74, 6) is 11.6. The zero-order valence-electron chi connectivity index (χ0n) is 7.13. The maximum Gasteiger partial charge on any atom is 0.288 e. The third kappa shape index (κ3) is 1.97. The summed E-state index contributed by atoms with van der Waals surface area (Å²) >= 11 is 0. The van der Waals surface area contributed by atoms with E-state index in [1.807, 2.05) is 0 Å². The first-order valence-electron chi connectivity index (χ1n) is 4.23. The molecule has 1 aliphatic rings. The lowest BCUT2D eigenvalue weighted by Gasteiger charge is -1.89. The zero-order chi connectivity index (χ0) is 9.26. The second-order valence-electron chi connectivity index (χ2n) is 3.18. The number of pyridine rings is 1. The maximum absolute atomic E-state index is 12.8. The van der Waals surface area contributed by atoms with Crippen LogP contribution in [0.15, 0.2) is 18.3 Å². The van der Waals surface area contributed by atoms with Crippen LogP contribution >= 0.6 is 0 Å². The molecule has 2 N–H and O–H groups in total. The predicted molar refractivity (Wildman–Crippen MR) is 46.3 cm³/mol. The molecule has 13 heavy (non-hydrogen) atoms. The van der Waals surface area contributed by atoms with Crippen molar-refractivity contribution in [2.45, 2.75) is 12.8 Å². The Hall–Kier alpha value is -1.56. The van der Waals surface area contributed by atoms with Gasteiger partial charge in [-0.3, -0.25) is 0 Å². The van der Waals surface area contributed by atoms with E-state index < -0.39 is 0 Å². The molecule has 0 bridgehead atoms. The van der Waals surface area contributed by atoms with Crippen LogP contribution in [0.25, 0.3) is 0 Å². The number of nitrogen functional groups attached to an aromatic ring is 1. The van der Waals surface area contributed by atoms with Gasteiger partial charge >= 0.3 is 0 Å². The van der Waals surface area contributed by atoms with Gasteiger partial charge in [0.2, 0.25) is 6.20 Å². The van der Waals surface area contributed by atoms with E-state index >= 15 is 0 Å². The zero-order valence-corrected chi connectivity index (χ0v) is 7.13. The number of nitrogens with zero attached hydrogens (tertiary/aromatic N) is 1. The van der Waals surface area contributed by atoms with Crippen LogP contribution in [-0.4, -0.2) is 0 Å². The number of halogens is 1. The van der Waals surface area contributed by atoms with E-state index in [1.54, 1.807) is 0 Å². The van der Waals surface area contributed by atoms with E-state index in [1.165, 1.54) is 23.0 Å². The Labute approximate surface area is 76.2 Å². The highest BCUT2D eigenvalue weighted by molar-refractivity contribution is 5.25. The monoisotopic (exact) mass is 177 g/mol.